The smallest absolute Gasteiger partial charge is 0.322 e. The highest BCUT2D eigenvalue weighted by molar-refractivity contribution is 5.76. The molecule has 5 heteroatoms. The maximum Gasteiger partial charge on any atom is 0.322 e. The fourth-order valence-electron chi connectivity index (χ4n) is 1.96. The van der Waals surface area contributed by atoms with Crippen LogP contribution in [-0.4, -0.2) is 32.7 Å². The van der Waals surface area contributed by atoms with Gasteiger partial charge in [0.05, 0.1) is 23.9 Å². The lowest BCUT2D eigenvalue weighted by molar-refractivity contribution is -0.140. The van der Waals surface area contributed by atoms with Crippen LogP contribution in [-0.2, 0) is 11.3 Å². The van der Waals surface area contributed by atoms with Gasteiger partial charge >= 0.3 is 5.97 Å². The van der Waals surface area contributed by atoms with E-state index in [0.29, 0.717) is 6.54 Å². The van der Waals surface area contributed by atoms with E-state index < -0.39 is 12.0 Å². The Labute approximate surface area is 105 Å². The van der Waals surface area contributed by atoms with Crippen LogP contribution < -0.4 is 5.32 Å². The molecule has 1 aromatic heterocycles. The maximum absolute atomic E-state index is 11.2. The fourth-order valence-corrected chi connectivity index (χ4v) is 1.96. The van der Waals surface area contributed by atoms with E-state index in [1.165, 1.54) is 0 Å². The Balaban J connectivity index is 2.23. The molecule has 1 unspecified atom stereocenters. The molecule has 0 bridgehead atoms. The molecular formula is C13H17N3O2. The molecule has 0 saturated carbocycles. The summed E-state index contributed by atoms with van der Waals surface area (Å²) in [5.41, 5.74) is 1.83. The first kappa shape index (κ1) is 12.6. The molecule has 0 radical (unpaired) electrons. The molecule has 0 amide bonds. The van der Waals surface area contributed by atoms with Gasteiger partial charge in [0.2, 0.25) is 0 Å². The molecule has 0 aliphatic heterocycles. The highest BCUT2D eigenvalue weighted by atomic mass is 16.4. The predicted octanol–water partition coefficient (Wildman–Crippen LogP) is 1.49. The van der Waals surface area contributed by atoms with Gasteiger partial charge < -0.3 is 15.0 Å². The summed E-state index contributed by atoms with van der Waals surface area (Å²) in [6.45, 7) is 4.23. The van der Waals surface area contributed by atoms with E-state index in [-0.39, 0.29) is 6.04 Å². The van der Waals surface area contributed by atoms with E-state index in [0.717, 1.165) is 11.0 Å². The van der Waals surface area contributed by atoms with Crippen molar-refractivity contribution in [2.75, 3.05) is 0 Å². The Morgan fingerprint density at radius 3 is 2.83 bits per heavy atom. The molecule has 2 aromatic rings. The Bertz CT molecular complexity index is 548. The van der Waals surface area contributed by atoms with Gasteiger partial charge in [-0.2, -0.15) is 0 Å². The number of aliphatic carboxylic acids is 1. The van der Waals surface area contributed by atoms with Crippen molar-refractivity contribution < 1.29 is 9.90 Å². The number of imidazole rings is 1. The van der Waals surface area contributed by atoms with E-state index in [9.17, 15) is 9.90 Å². The lowest BCUT2D eigenvalue weighted by Crippen LogP contribution is -2.43. The highest BCUT2D eigenvalue weighted by Crippen LogP contribution is 2.12. The van der Waals surface area contributed by atoms with Crippen molar-refractivity contribution in [3.63, 3.8) is 0 Å². The first-order valence-corrected chi connectivity index (χ1v) is 5.96. The topological polar surface area (TPSA) is 67.2 Å². The molecule has 0 saturated heterocycles. The first-order valence-electron chi connectivity index (χ1n) is 5.96. The zero-order valence-electron chi connectivity index (χ0n) is 10.5. The Morgan fingerprint density at radius 1 is 1.44 bits per heavy atom. The second-order valence-electron chi connectivity index (χ2n) is 4.60. The molecule has 1 atom stereocenters. The van der Waals surface area contributed by atoms with Crippen LogP contribution in [0.2, 0.25) is 0 Å². The van der Waals surface area contributed by atoms with Crippen LogP contribution in [0.3, 0.4) is 0 Å². The molecule has 0 spiro atoms. The average molecular weight is 247 g/mol. The number of hydrogen-bond acceptors (Lipinski definition) is 3. The third kappa shape index (κ3) is 2.68. The second kappa shape index (κ2) is 5.18. The van der Waals surface area contributed by atoms with Crippen LogP contribution in [0.1, 0.15) is 13.8 Å². The van der Waals surface area contributed by atoms with Crippen molar-refractivity contribution in [3.05, 3.63) is 30.6 Å². The SMILES string of the molecule is CC(C)NC(Cn1cnc2ccccc21)C(=O)O. The molecular weight excluding hydrogens is 230 g/mol. The first-order chi connectivity index (χ1) is 8.58. The maximum atomic E-state index is 11.2. The lowest BCUT2D eigenvalue weighted by atomic mass is 10.2. The van der Waals surface area contributed by atoms with Gasteiger partial charge in [-0.1, -0.05) is 26.0 Å². The predicted molar refractivity (Wildman–Crippen MR) is 69.4 cm³/mol. The largest absolute Gasteiger partial charge is 0.480 e. The van der Waals surface area contributed by atoms with Crippen molar-refractivity contribution in [1.82, 2.24) is 14.9 Å². The van der Waals surface area contributed by atoms with Crippen LogP contribution >= 0.6 is 0 Å². The Kier molecular flexibility index (Phi) is 3.62. The number of nitrogens with one attached hydrogen (secondary N) is 1. The summed E-state index contributed by atoms with van der Waals surface area (Å²) in [6.07, 6.45) is 1.68. The number of hydrogen-bond donors (Lipinski definition) is 2. The van der Waals surface area contributed by atoms with Gasteiger partial charge in [0.25, 0.3) is 0 Å². The van der Waals surface area contributed by atoms with Gasteiger partial charge in [-0.25, -0.2) is 4.98 Å². The summed E-state index contributed by atoms with van der Waals surface area (Å²) in [4.78, 5) is 15.5. The number of carbonyl (C=O) groups is 1. The summed E-state index contributed by atoms with van der Waals surface area (Å²) in [5.74, 6) is -0.846. The van der Waals surface area contributed by atoms with E-state index in [2.05, 4.69) is 10.3 Å². The van der Waals surface area contributed by atoms with Crippen LogP contribution in [0.5, 0.6) is 0 Å². The molecule has 2 rings (SSSR count). The molecule has 0 aliphatic carbocycles. The third-order valence-corrected chi connectivity index (χ3v) is 2.74. The van der Waals surface area contributed by atoms with Gasteiger partial charge in [0.1, 0.15) is 6.04 Å². The zero-order valence-corrected chi connectivity index (χ0v) is 10.5. The molecule has 0 fully saturated rings. The summed E-state index contributed by atoms with van der Waals surface area (Å²) < 4.78 is 1.86. The van der Waals surface area contributed by atoms with Crippen LogP contribution in [0.25, 0.3) is 11.0 Å². The number of aromatic nitrogens is 2. The molecule has 18 heavy (non-hydrogen) atoms. The van der Waals surface area contributed by atoms with Crippen LogP contribution in [0, 0.1) is 0 Å². The fraction of sp³-hybridized carbons (Fsp3) is 0.385. The van der Waals surface area contributed by atoms with Crippen molar-refractivity contribution in [2.45, 2.75) is 32.5 Å². The summed E-state index contributed by atoms with van der Waals surface area (Å²) in [6, 6.07) is 7.21. The summed E-state index contributed by atoms with van der Waals surface area (Å²) in [5, 5.41) is 12.2. The quantitative estimate of drug-likeness (QED) is 0.840. The van der Waals surface area contributed by atoms with Crippen molar-refractivity contribution in [2.24, 2.45) is 0 Å². The summed E-state index contributed by atoms with van der Waals surface area (Å²) >= 11 is 0. The minimum absolute atomic E-state index is 0.126. The zero-order chi connectivity index (χ0) is 13.1. The second-order valence-corrected chi connectivity index (χ2v) is 4.60. The summed E-state index contributed by atoms with van der Waals surface area (Å²) in [7, 11) is 0. The molecule has 1 aromatic carbocycles. The molecule has 0 aliphatic rings. The monoisotopic (exact) mass is 247 g/mol. The number of para-hydroxylation sites is 2. The number of nitrogens with zero attached hydrogens (tertiary/aromatic N) is 2. The van der Waals surface area contributed by atoms with E-state index in [4.69, 9.17) is 0 Å². The van der Waals surface area contributed by atoms with Gasteiger partial charge in [-0.3, -0.25) is 4.79 Å². The standard InChI is InChI=1S/C13H17N3O2/c1-9(2)15-11(13(17)18)7-16-8-14-10-5-3-4-6-12(10)16/h3-6,8-9,11,15H,7H2,1-2H3,(H,17,18). The van der Waals surface area contributed by atoms with Gasteiger partial charge in [0.15, 0.2) is 0 Å². The Hall–Kier alpha value is -1.88. The molecule has 2 N–H and O–H groups in total. The van der Waals surface area contributed by atoms with E-state index >= 15 is 0 Å². The van der Waals surface area contributed by atoms with Crippen molar-refractivity contribution in [1.29, 1.82) is 0 Å². The number of benzene rings is 1. The molecule has 96 valence electrons. The van der Waals surface area contributed by atoms with Crippen molar-refractivity contribution in [3.8, 4) is 0 Å². The van der Waals surface area contributed by atoms with Crippen molar-refractivity contribution >= 4 is 17.0 Å². The minimum Gasteiger partial charge on any atom is -0.480 e. The third-order valence-electron chi connectivity index (χ3n) is 2.74. The highest BCUT2D eigenvalue weighted by Gasteiger charge is 2.19. The van der Waals surface area contributed by atoms with E-state index in [1.54, 1.807) is 6.33 Å². The minimum atomic E-state index is -0.846. The van der Waals surface area contributed by atoms with E-state index in [1.807, 2.05) is 42.7 Å². The number of carboxylic acid groups (broad SMARTS) is 1. The number of fused-ring (bicyclic) bond motifs is 1. The number of rotatable bonds is 5. The molecule has 1 heterocycles. The van der Waals surface area contributed by atoms with Crippen LogP contribution in [0.15, 0.2) is 30.6 Å². The van der Waals surface area contributed by atoms with Crippen LogP contribution in [0.4, 0.5) is 0 Å². The number of carboxylic acids is 1. The van der Waals surface area contributed by atoms with Gasteiger partial charge in [-0.05, 0) is 12.1 Å². The Morgan fingerprint density at radius 2 is 2.17 bits per heavy atom. The lowest BCUT2D eigenvalue weighted by Gasteiger charge is -2.18. The van der Waals surface area contributed by atoms with Gasteiger partial charge in [0, 0.05) is 6.04 Å². The average Bonchev–Trinajstić information content (AvgIpc) is 2.71. The van der Waals surface area contributed by atoms with Gasteiger partial charge in [-0.15, -0.1) is 0 Å². The normalized spacial score (nSPS) is 13.1. The molecule has 5 nitrogen and oxygen atoms in total.